The van der Waals surface area contributed by atoms with E-state index in [1.165, 1.54) is 12.3 Å². The molecule has 1 amide bonds. The fourth-order valence-corrected chi connectivity index (χ4v) is 3.21. The number of benzene rings is 1. The summed E-state index contributed by atoms with van der Waals surface area (Å²) < 4.78 is 7.60. The van der Waals surface area contributed by atoms with Gasteiger partial charge in [0.05, 0.1) is 20.7 Å². The van der Waals surface area contributed by atoms with Crippen molar-refractivity contribution in [2.45, 2.75) is 0 Å². The zero-order valence-corrected chi connectivity index (χ0v) is 16.4. The number of hydrazone groups is 1. The summed E-state index contributed by atoms with van der Waals surface area (Å²) in [6.07, 6.45) is 1.34. The Morgan fingerprint density at radius 2 is 1.90 bits per heavy atom. The monoisotopic (exact) mass is 542 g/mol. The van der Waals surface area contributed by atoms with Gasteiger partial charge in [-0.2, -0.15) is 5.10 Å². The molecule has 21 heavy (non-hydrogen) atoms. The van der Waals surface area contributed by atoms with E-state index in [2.05, 4.69) is 74.2 Å². The van der Waals surface area contributed by atoms with Gasteiger partial charge in [0.15, 0.2) is 4.67 Å². The van der Waals surface area contributed by atoms with Gasteiger partial charge in [-0.15, -0.1) is 0 Å². The van der Waals surface area contributed by atoms with Crippen molar-refractivity contribution in [2.75, 3.05) is 0 Å². The number of phenolic OH excluding ortho intramolecular Hbond substituents is 1. The lowest BCUT2D eigenvalue weighted by molar-refractivity contribution is 0.0952. The highest BCUT2D eigenvalue weighted by molar-refractivity contribution is 9.13. The molecule has 0 aliphatic heterocycles. The van der Waals surface area contributed by atoms with Gasteiger partial charge in [0.25, 0.3) is 5.91 Å². The highest BCUT2D eigenvalue weighted by atomic mass is 79.9. The van der Waals surface area contributed by atoms with Crippen LogP contribution in [0.2, 0.25) is 0 Å². The number of furan rings is 1. The first-order chi connectivity index (χ1) is 9.88. The lowest BCUT2D eigenvalue weighted by Crippen LogP contribution is -2.17. The topological polar surface area (TPSA) is 74.8 Å². The number of phenols is 1. The molecule has 0 unspecified atom stereocenters. The second-order valence-corrected chi connectivity index (χ2v) is 7.10. The summed E-state index contributed by atoms with van der Waals surface area (Å²) in [5, 5.41) is 13.6. The molecule has 0 aliphatic carbocycles. The molecule has 2 aromatic rings. The third-order valence-corrected chi connectivity index (χ3v) is 5.07. The summed E-state index contributed by atoms with van der Waals surface area (Å²) in [4.78, 5) is 12.0. The number of carbonyl (C=O) groups excluding carboxylic acids is 1. The van der Waals surface area contributed by atoms with Gasteiger partial charge in [-0.3, -0.25) is 4.79 Å². The van der Waals surface area contributed by atoms with E-state index in [0.29, 0.717) is 19.4 Å². The highest BCUT2D eigenvalue weighted by Gasteiger charge is 2.14. The molecular weight excluding hydrogens is 540 g/mol. The van der Waals surface area contributed by atoms with E-state index in [1.54, 1.807) is 12.1 Å². The predicted molar refractivity (Wildman–Crippen MR) is 92.7 cm³/mol. The maximum Gasteiger partial charge on any atom is 0.275 e. The van der Waals surface area contributed by atoms with Crippen molar-refractivity contribution >= 4 is 75.8 Å². The van der Waals surface area contributed by atoms with Gasteiger partial charge >= 0.3 is 0 Å². The minimum atomic E-state index is -0.546. The van der Waals surface area contributed by atoms with Gasteiger partial charge in [-0.25, -0.2) is 5.43 Å². The first-order valence-corrected chi connectivity index (χ1v) is 8.52. The Morgan fingerprint density at radius 3 is 2.52 bits per heavy atom. The van der Waals surface area contributed by atoms with Gasteiger partial charge in [0.2, 0.25) is 0 Å². The van der Waals surface area contributed by atoms with Crippen LogP contribution in [-0.4, -0.2) is 17.2 Å². The molecule has 0 fully saturated rings. The molecule has 2 rings (SSSR count). The van der Waals surface area contributed by atoms with Crippen LogP contribution in [0.4, 0.5) is 0 Å². The number of amides is 1. The Hall–Kier alpha value is -0.640. The van der Waals surface area contributed by atoms with Crippen LogP contribution in [-0.2, 0) is 0 Å². The second-order valence-electron chi connectivity index (χ2n) is 3.75. The van der Waals surface area contributed by atoms with Crippen LogP contribution in [0.15, 0.2) is 45.8 Å². The van der Waals surface area contributed by atoms with Crippen LogP contribution in [0.1, 0.15) is 16.1 Å². The van der Waals surface area contributed by atoms with Gasteiger partial charge in [-0.1, -0.05) is 15.9 Å². The Kier molecular flexibility index (Phi) is 5.64. The van der Waals surface area contributed by atoms with Crippen molar-refractivity contribution in [3.05, 3.63) is 47.6 Å². The molecule has 1 aromatic carbocycles. The average Bonchev–Trinajstić information content (AvgIpc) is 2.72. The number of carbonyl (C=O) groups is 1. The van der Waals surface area contributed by atoms with Crippen molar-refractivity contribution in [3.63, 3.8) is 0 Å². The fourth-order valence-electron chi connectivity index (χ4n) is 1.38. The third-order valence-electron chi connectivity index (χ3n) is 2.29. The van der Waals surface area contributed by atoms with Crippen LogP contribution < -0.4 is 5.43 Å². The van der Waals surface area contributed by atoms with E-state index in [4.69, 9.17) is 4.42 Å². The molecule has 0 saturated carbocycles. The molecule has 0 atom stereocenters. The molecule has 0 bridgehead atoms. The number of rotatable bonds is 3. The van der Waals surface area contributed by atoms with E-state index in [1.807, 2.05) is 0 Å². The highest BCUT2D eigenvalue weighted by Crippen LogP contribution is 2.31. The Bertz CT molecular complexity index is 708. The average molecular weight is 546 g/mol. The third kappa shape index (κ3) is 4.18. The van der Waals surface area contributed by atoms with Crippen LogP contribution in [0.25, 0.3) is 0 Å². The summed E-state index contributed by atoms with van der Waals surface area (Å²) in [7, 11) is 0. The first-order valence-electron chi connectivity index (χ1n) is 5.34. The summed E-state index contributed by atoms with van der Waals surface area (Å²) in [5.74, 6) is -0.251. The number of hydrogen-bond acceptors (Lipinski definition) is 4. The summed E-state index contributed by atoms with van der Waals surface area (Å²) >= 11 is 12.9. The molecule has 0 saturated heterocycles. The zero-order valence-electron chi connectivity index (χ0n) is 10.0. The molecular formula is C12H6Br4N2O3. The Morgan fingerprint density at radius 1 is 1.19 bits per heavy atom. The lowest BCUT2D eigenvalue weighted by atomic mass is 10.2. The van der Waals surface area contributed by atoms with Crippen molar-refractivity contribution in [1.82, 2.24) is 5.43 Å². The molecule has 1 heterocycles. The summed E-state index contributed by atoms with van der Waals surface area (Å²) in [6.45, 7) is 0. The molecule has 0 spiro atoms. The number of nitrogens with zero attached hydrogens (tertiary/aromatic N) is 1. The minimum Gasteiger partial charge on any atom is -0.506 e. The normalized spacial score (nSPS) is 11.0. The standard InChI is InChI=1S/C12H6Br4N2O3/c13-5-1-7(10(19)8(14)2-5)12(20)18-17-4-6-3-9(15)11(16)21-6/h1-4,19H,(H,18,20)/b17-4-. The maximum absolute atomic E-state index is 12.0. The summed E-state index contributed by atoms with van der Waals surface area (Å²) in [6, 6.07) is 4.81. The Labute approximate surface area is 153 Å². The van der Waals surface area contributed by atoms with E-state index >= 15 is 0 Å². The van der Waals surface area contributed by atoms with Crippen LogP contribution >= 0.6 is 63.7 Å². The SMILES string of the molecule is O=C(N/N=C\c1cc(Br)c(Br)o1)c1cc(Br)cc(Br)c1O. The van der Waals surface area contributed by atoms with Crippen molar-refractivity contribution in [3.8, 4) is 5.75 Å². The smallest absolute Gasteiger partial charge is 0.275 e. The fraction of sp³-hybridized carbons (Fsp3) is 0. The summed E-state index contributed by atoms with van der Waals surface area (Å²) in [5.41, 5.74) is 2.40. The van der Waals surface area contributed by atoms with E-state index in [-0.39, 0.29) is 11.3 Å². The van der Waals surface area contributed by atoms with E-state index < -0.39 is 5.91 Å². The lowest BCUT2D eigenvalue weighted by Gasteiger charge is -2.05. The van der Waals surface area contributed by atoms with Crippen LogP contribution in [0.5, 0.6) is 5.75 Å². The molecule has 5 nitrogen and oxygen atoms in total. The zero-order chi connectivity index (χ0) is 15.6. The van der Waals surface area contributed by atoms with Crippen molar-refractivity contribution < 1.29 is 14.3 Å². The largest absolute Gasteiger partial charge is 0.506 e. The molecule has 0 aliphatic rings. The molecule has 110 valence electrons. The van der Waals surface area contributed by atoms with Gasteiger partial charge < -0.3 is 9.52 Å². The van der Waals surface area contributed by atoms with Gasteiger partial charge in [-0.05, 0) is 59.9 Å². The van der Waals surface area contributed by atoms with Crippen LogP contribution in [0.3, 0.4) is 0 Å². The van der Waals surface area contributed by atoms with Gasteiger partial charge in [0, 0.05) is 10.5 Å². The van der Waals surface area contributed by atoms with Crippen LogP contribution in [0, 0.1) is 0 Å². The minimum absolute atomic E-state index is 0.0928. The molecule has 2 N–H and O–H groups in total. The molecule has 9 heteroatoms. The van der Waals surface area contributed by atoms with Crippen molar-refractivity contribution in [1.29, 1.82) is 0 Å². The quantitative estimate of drug-likeness (QED) is 0.430. The maximum atomic E-state index is 12.0. The number of aromatic hydroxyl groups is 1. The van der Waals surface area contributed by atoms with E-state index in [9.17, 15) is 9.90 Å². The van der Waals surface area contributed by atoms with E-state index in [0.717, 1.165) is 4.47 Å². The molecule has 1 aromatic heterocycles. The Balaban J connectivity index is 2.12. The predicted octanol–water partition coefficient (Wildman–Crippen LogP) is 4.80. The number of hydrogen-bond donors (Lipinski definition) is 2. The second kappa shape index (κ2) is 7.08. The number of nitrogens with one attached hydrogen (secondary N) is 1. The number of halogens is 4. The van der Waals surface area contributed by atoms with Gasteiger partial charge in [0.1, 0.15) is 11.5 Å². The van der Waals surface area contributed by atoms with Crippen molar-refractivity contribution in [2.24, 2.45) is 5.10 Å². The first kappa shape index (κ1) is 16.7. The molecule has 0 radical (unpaired) electrons.